The normalized spacial score (nSPS) is 10.3. The van der Waals surface area contributed by atoms with Gasteiger partial charge in [-0.25, -0.2) is 4.79 Å². The average Bonchev–Trinajstić information content (AvgIpc) is 2.45. The standard InChI is InChI=1S/C13H10BrN3O2S/c1-16-11(18)8(7-15)12(17(2)13(16)19)20-10-6-4-3-5-9(10)14/h3-6H,1-2H3. The zero-order chi connectivity index (χ0) is 14.9. The Morgan fingerprint density at radius 3 is 2.45 bits per heavy atom. The van der Waals surface area contributed by atoms with Crippen LogP contribution >= 0.6 is 27.7 Å². The first kappa shape index (κ1) is 14.6. The summed E-state index contributed by atoms with van der Waals surface area (Å²) in [5.74, 6) is 0. The van der Waals surface area contributed by atoms with E-state index < -0.39 is 11.2 Å². The van der Waals surface area contributed by atoms with E-state index >= 15 is 0 Å². The van der Waals surface area contributed by atoms with Crippen LogP contribution in [0.4, 0.5) is 0 Å². The van der Waals surface area contributed by atoms with Crippen LogP contribution in [0.1, 0.15) is 5.56 Å². The number of aromatic nitrogens is 2. The number of rotatable bonds is 2. The number of hydrogen-bond acceptors (Lipinski definition) is 4. The molecule has 102 valence electrons. The van der Waals surface area contributed by atoms with Gasteiger partial charge in [0.25, 0.3) is 5.56 Å². The second-order valence-corrected chi connectivity index (χ2v) is 5.92. The minimum Gasteiger partial charge on any atom is -0.290 e. The van der Waals surface area contributed by atoms with E-state index in [1.165, 1.54) is 23.4 Å². The molecule has 0 aliphatic rings. The van der Waals surface area contributed by atoms with Crippen molar-refractivity contribution in [3.63, 3.8) is 0 Å². The summed E-state index contributed by atoms with van der Waals surface area (Å²) in [6, 6.07) is 9.29. The Balaban J connectivity index is 2.70. The van der Waals surface area contributed by atoms with Crippen LogP contribution in [0, 0.1) is 11.3 Å². The van der Waals surface area contributed by atoms with Crippen molar-refractivity contribution < 1.29 is 0 Å². The molecular formula is C13H10BrN3O2S. The van der Waals surface area contributed by atoms with E-state index in [1.807, 2.05) is 30.3 Å². The average molecular weight is 352 g/mol. The highest BCUT2D eigenvalue weighted by molar-refractivity contribution is 9.10. The third kappa shape index (κ3) is 2.44. The van der Waals surface area contributed by atoms with E-state index in [-0.39, 0.29) is 5.56 Å². The van der Waals surface area contributed by atoms with Gasteiger partial charge in [0.05, 0.1) is 0 Å². The van der Waals surface area contributed by atoms with Crippen LogP contribution in [0.25, 0.3) is 0 Å². The number of nitriles is 1. The molecule has 0 radical (unpaired) electrons. The Bertz CT molecular complexity index is 833. The summed E-state index contributed by atoms with van der Waals surface area (Å²) >= 11 is 4.61. The van der Waals surface area contributed by atoms with Crippen molar-refractivity contribution in [1.29, 1.82) is 5.26 Å². The number of benzene rings is 1. The SMILES string of the molecule is Cn1c(Sc2ccccc2Br)c(C#N)c(=O)n(C)c1=O. The molecule has 0 aliphatic carbocycles. The molecule has 2 aromatic rings. The highest BCUT2D eigenvalue weighted by atomic mass is 79.9. The quantitative estimate of drug-likeness (QED) is 0.774. The summed E-state index contributed by atoms with van der Waals surface area (Å²) in [5.41, 5.74) is -1.07. The predicted octanol–water partition coefficient (Wildman–Crippen LogP) is 1.87. The first-order valence-electron chi connectivity index (χ1n) is 5.60. The molecule has 0 saturated carbocycles. The Morgan fingerprint density at radius 1 is 1.20 bits per heavy atom. The zero-order valence-corrected chi connectivity index (χ0v) is 13.2. The third-order valence-corrected chi connectivity index (χ3v) is 4.97. The van der Waals surface area contributed by atoms with Crippen molar-refractivity contribution in [3.8, 4) is 6.07 Å². The maximum absolute atomic E-state index is 12.0. The van der Waals surface area contributed by atoms with Gasteiger partial charge in [0.2, 0.25) is 0 Å². The molecule has 7 heteroatoms. The molecule has 0 bridgehead atoms. The second-order valence-electron chi connectivity index (χ2n) is 4.03. The van der Waals surface area contributed by atoms with Crippen molar-refractivity contribution in [2.45, 2.75) is 9.92 Å². The van der Waals surface area contributed by atoms with Gasteiger partial charge in [-0.2, -0.15) is 5.26 Å². The van der Waals surface area contributed by atoms with Crippen LogP contribution < -0.4 is 11.2 Å². The summed E-state index contributed by atoms with van der Waals surface area (Å²) in [7, 11) is 2.90. The lowest BCUT2D eigenvalue weighted by Gasteiger charge is -2.11. The van der Waals surface area contributed by atoms with Crippen LogP contribution in [-0.2, 0) is 14.1 Å². The van der Waals surface area contributed by atoms with Gasteiger partial charge in [-0.1, -0.05) is 23.9 Å². The molecule has 1 aromatic heterocycles. The summed E-state index contributed by atoms with van der Waals surface area (Å²) in [5, 5.41) is 9.52. The van der Waals surface area contributed by atoms with Crippen molar-refractivity contribution in [2.75, 3.05) is 0 Å². The summed E-state index contributed by atoms with van der Waals surface area (Å²) in [4.78, 5) is 24.7. The van der Waals surface area contributed by atoms with Gasteiger partial charge in [0.1, 0.15) is 16.7 Å². The fourth-order valence-corrected chi connectivity index (χ4v) is 3.17. The van der Waals surface area contributed by atoms with Crippen LogP contribution in [0.5, 0.6) is 0 Å². The first-order valence-corrected chi connectivity index (χ1v) is 7.20. The number of hydrogen-bond donors (Lipinski definition) is 0. The molecule has 0 atom stereocenters. The smallest absolute Gasteiger partial charge is 0.290 e. The number of halogens is 1. The molecular weight excluding hydrogens is 342 g/mol. The van der Waals surface area contributed by atoms with E-state index in [4.69, 9.17) is 0 Å². The second kappa shape index (κ2) is 5.69. The molecule has 0 N–H and O–H groups in total. The van der Waals surface area contributed by atoms with Crippen LogP contribution in [0.2, 0.25) is 0 Å². The van der Waals surface area contributed by atoms with Gasteiger partial charge in [-0.05, 0) is 28.1 Å². The van der Waals surface area contributed by atoms with Crippen molar-refractivity contribution in [2.24, 2.45) is 14.1 Å². The molecule has 2 rings (SSSR count). The molecule has 0 amide bonds. The molecule has 0 saturated heterocycles. The lowest BCUT2D eigenvalue weighted by atomic mass is 10.3. The molecule has 0 spiro atoms. The fraction of sp³-hybridized carbons (Fsp3) is 0.154. The van der Waals surface area contributed by atoms with E-state index in [9.17, 15) is 14.9 Å². The Morgan fingerprint density at radius 2 is 1.85 bits per heavy atom. The largest absolute Gasteiger partial charge is 0.331 e. The van der Waals surface area contributed by atoms with Gasteiger partial charge in [-0.3, -0.25) is 13.9 Å². The van der Waals surface area contributed by atoms with E-state index in [1.54, 1.807) is 7.05 Å². The Kier molecular flexibility index (Phi) is 4.16. The van der Waals surface area contributed by atoms with Crippen LogP contribution in [0.15, 0.2) is 48.2 Å². The highest BCUT2D eigenvalue weighted by Crippen LogP contribution is 2.33. The lowest BCUT2D eigenvalue weighted by Crippen LogP contribution is -2.39. The summed E-state index contributed by atoms with van der Waals surface area (Å²) < 4.78 is 3.08. The maximum Gasteiger partial charge on any atom is 0.331 e. The minimum absolute atomic E-state index is 0.0321. The van der Waals surface area contributed by atoms with E-state index in [0.717, 1.165) is 13.9 Å². The molecule has 0 unspecified atom stereocenters. The maximum atomic E-state index is 12.0. The van der Waals surface area contributed by atoms with E-state index in [2.05, 4.69) is 15.9 Å². The monoisotopic (exact) mass is 351 g/mol. The molecule has 1 aromatic carbocycles. The molecule has 0 fully saturated rings. The van der Waals surface area contributed by atoms with Gasteiger partial charge < -0.3 is 0 Å². The van der Waals surface area contributed by atoms with Gasteiger partial charge in [0, 0.05) is 23.5 Å². The predicted molar refractivity (Wildman–Crippen MR) is 79.9 cm³/mol. The Hall–Kier alpha value is -1.78. The summed E-state index contributed by atoms with van der Waals surface area (Å²) in [6.07, 6.45) is 0. The molecule has 0 aliphatic heterocycles. The Labute approximate surface area is 127 Å². The van der Waals surface area contributed by atoms with Crippen molar-refractivity contribution >= 4 is 27.7 Å². The lowest BCUT2D eigenvalue weighted by molar-refractivity contribution is 0.631. The molecule has 20 heavy (non-hydrogen) atoms. The van der Waals surface area contributed by atoms with Crippen molar-refractivity contribution in [1.82, 2.24) is 9.13 Å². The molecule has 1 heterocycles. The van der Waals surface area contributed by atoms with Crippen LogP contribution in [-0.4, -0.2) is 9.13 Å². The topological polar surface area (TPSA) is 67.8 Å². The summed E-state index contributed by atoms with van der Waals surface area (Å²) in [6.45, 7) is 0. The third-order valence-electron chi connectivity index (χ3n) is 2.77. The minimum atomic E-state index is -0.579. The van der Waals surface area contributed by atoms with Crippen LogP contribution in [0.3, 0.4) is 0 Å². The van der Waals surface area contributed by atoms with Gasteiger partial charge in [0.15, 0.2) is 0 Å². The van der Waals surface area contributed by atoms with Crippen molar-refractivity contribution in [3.05, 3.63) is 55.1 Å². The fourth-order valence-electron chi connectivity index (χ4n) is 1.67. The van der Waals surface area contributed by atoms with E-state index in [0.29, 0.717) is 5.03 Å². The highest BCUT2D eigenvalue weighted by Gasteiger charge is 2.17. The van der Waals surface area contributed by atoms with Gasteiger partial charge >= 0.3 is 5.69 Å². The molecule has 5 nitrogen and oxygen atoms in total. The van der Waals surface area contributed by atoms with Gasteiger partial charge in [-0.15, -0.1) is 0 Å². The first-order chi connectivity index (χ1) is 9.47. The number of nitrogens with zero attached hydrogens (tertiary/aromatic N) is 3. The zero-order valence-electron chi connectivity index (χ0n) is 10.8.